The summed E-state index contributed by atoms with van der Waals surface area (Å²) in [6.07, 6.45) is 6.31. The molecule has 0 aromatic heterocycles. The molecule has 1 atom stereocenters. The SMILES string of the molecule is CCC.CCCC(CC)CS.CCCOC. The van der Waals surface area contributed by atoms with Gasteiger partial charge in [-0.2, -0.15) is 12.6 Å². The molecule has 102 valence electrons. The zero-order valence-electron chi connectivity index (χ0n) is 12.4. The van der Waals surface area contributed by atoms with Crippen molar-refractivity contribution in [2.45, 2.75) is 66.7 Å². The van der Waals surface area contributed by atoms with Gasteiger partial charge in [0.25, 0.3) is 0 Å². The number of methoxy groups -OCH3 is 1. The Morgan fingerprint density at radius 3 is 1.56 bits per heavy atom. The maximum Gasteiger partial charge on any atom is 0.0459 e. The van der Waals surface area contributed by atoms with Crippen molar-refractivity contribution < 1.29 is 4.74 Å². The van der Waals surface area contributed by atoms with E-state index >= 15 is 0 Å². The van der Waals surface area contributed by atoms with Crippen LogP contribution in [0.15, 0.2) is 0 Å². The predicted octanol–water partition coefficient (Wildman–Crippen LogP) is 5.20. The van der Waals surface area contributed by atoms with Crippen LogP contribution in [-0.2, 0) is 4.74 Å². The summed E-state index contributed by atoms with van der Waals surface area (Å²) in [4.78, 5) is 0. The Bertz CT molecular complexity index is 80.8. The molecule has 0 aliphatic carbocycles. The molecule has 0 fully saturated rings. The van der Waals surface area contributed by atoms with Crippen LogP contribution in [0.2, 0.25) is 0 Å². The molecule has 0 aromatic carbocycles. The van der Waals surface area contributed by atoms with E-state index < -0.39 is 0 Å². The van der Waals surface area contributed by atoms with Crippen molar-refractivity contribution in [3.05, 3.63) is 0 Å². The fraction of sp³-hybridized carbons (Fsp3) is 1.00. The molecular formula is C14H34OS. The smallest absolute Gasteiger partial charge is 0.0459 e. The molecule has 0 saturated heterocycles. The minimum absolute atomic E-state index is 0.864. The van der Waals surface area contributed by atoms with E-state index in [1.165, 1.54) is 25.7 Å². The minimum atomic E-state index is 0.864. The van der Waals surface area contributed by atoms with Gasteiger partial charge in [0.2, 0.25) is 0 Å². The highest BCUT2D eigenvalue weighted by Gasteiger charge is 1.99. The van der Waals surface area contributed by atoms with Crippen molar-refractivity contribution in [3.63, 3.8) is 0 Å². The highest BCUT2D eigenvalue weighted by atomic mass is 32.1. The van der Waals surface area contributed by atoms with Gasteiger partial charge in [0, 0.05) is 13.7 Å². The number of thiol groups is 1. The summed E-state index contributed by atoms with van der Waals surface area (Å²) in [5.74, 6) is 1.92. The lowest BCUT2D eigenvalue weighted by atomic mass is 10.0. The standard InChI is InChI=1S/C7H16S.C4H10O.C3H8/c1-3-5-7(4-2)6-8;1-3-4-5-2;1-3-2/h7-8H,3-6H2,1-2H3;3-4H2,1-2H3;3H2,1-2H3. The average molecular weight is 250 g/mol. The molecule has 0 rings (SSSR count). The van der Waals surface area contributed by atoms with Gasteiger partial charge in [0.15, 0.2) is 0 Å². The van der Waals surface area contributed by atoms with Crippen LogP contribution in [0.1, 0.15) is 66.7 Å². The lowest BCUT2D eigenvalue weighted by Gasteiger charge is -2.07. The van der Waals surface area contributed by atoms with E-state index in [0.29, 0.717) is 0 Å². The summed E-state index contributed by atoms with van der Waals surface area (Å²) in [5.41, 5.74) is 0. The van der Waals surface area contributed by atoms with E-state index in [2.05, 4.69) is 47.2 Å². The second-order valence-corrected chi connectivity index (χ2v) is 4.31. The summed E-state index contributed by atoms with van der Waals surface area (Å²) in [6, 6.07) is 0. The highest BCUT2D eigenvalue weighted by molar-refractivity contribution is 7.80. The monoisotopic (exact) mass is 250 g/mol. The van der Waals surface area contributed by atoms with Gasteiger partial charge in [-0.05, 0) is 24.5 Å². The Hall–Kier alpha value is 0.310. The summed E-state index contributed by atoms with van der Waals surface area (Å²) >= 11 is 4.23. The molecular weight excluding hydrogens is 216 g/mol. The molecule has 0 spiro atoms. The van der Waals surface area contributed by atoms with Crippen molar-refractivity contribution >= 4 is 12.6 Å². The third-order valence-corrected chi connectivity index (χ3v) is 2.46. The number of hydrogen-bond acceptors (Lipinski definition) is 2. The molecule has 0 aliphatic rings. The van der Waals surface area contributed by atoms with Crippen LogP contribution in [0.25, 0.3) is 0 Å². The summed E-state index contributed by atoms with van der Waals surface area (Å²) < 4.78 is 4.69. The molecule has 0 amide bonds. The van der Waals surface area contributed by atoms with Gasteiger partial charge in [-0.15, -0.1) is 0 Å². The van der Waals surface area contributed by atoms with Crippen molar-refractivity contribution in [2.24, 2.45) is 5.92 Å². The Kier molecular flexibility index (Phi) is 33.1. The maximum absolute atomic E-state index is 4.69. The van der Waals surface area contributed by atoms with Crippen LogP contribution in [0.3, 0.4) is 0 Å². The van der Waals surface area contributed by atoms with E-state index in [1.54, 1.807) is 7.11 Å². The van der Waals surface area contributed by atoms with E-state index in [1.807, 2.05) is 0 Å². The number of rotatable bonds is 6. The Morgan fingerprint density at radius 2 is 1.50 bits per heavy atom. The van der Waals surface area contributed by atoms with E-state index in [-0.39, 0.29) is 0 Å². The topological polar surface area (TPSA) is 9.23 Å². The lowest BCUT2D eigenvalue weighted by Crippen LogP contribution is -1.98. The van der Waals surface area contributed by atoms with Gasteiger partial charge in [0.1, 0.15) is 0 Å². The second-order valence-electron chi connectivity index (χ2n) is 3.95. The number of ether oxygens (including phenoxy) is 1. The molecule has 0 heterocycles. The fourth-order valence-electron chi connectivity index (χ4n) is 1.04. The van der Waals surface area contributed by atoms with E-state index in [9.17, 15) is 0 Å². The summed E-state index contributed by atoms with van der Waals surface area (Å²) in [6.45, 7) is 11.7. The zero-order valence-corrected chi connectivity index (χ0v) is 13.3. The van der Waals surface area contributed by atoms with Crippen molar-refractivity contribution in [3.8, 4) is 0 Å². The van der Waals surface area contributed by atoms with Crippen molar-refractivity contribution in [1.82, 2.24) is 0 Å². The normalized spacial score (nSPS) is 10.7. The van der Waals surface area contributed by atoms with Gasteiger partial charge in [0.05, 0.1) is 0 Å². The third kappa shape index (κ3) is 29.2. The zero-order chi connectivity index (χ0) is 13.2. The van der Waals surface area contributed by atoms with Crippen LogP contribution in [0.4, 0.5) is 0 Å². The first-order valence-electron chi connectivity index (χ1n) is 6.77. The molecule has 2 heteroatoms. The molecule has 0 radical (unpaired) electrons. The van der Waals surface area contributed by atoms with Gasteiger partial charge in [-0.25, -0.2) is 0 Å². The first kappa shape index (κ1) is 21.6. The van der Waals surface area contributed by atoms with Crippen LogP contribution in [0.5, 0.6) is 0 Å². The third-order valence-electron chi connectivity index (χ3n) is 1.94. The first-order chi connectivity index (χ1) is 7.67. The van der Waals surface area contributed by atoms with Crippen LogP contribution >= 0.6 is 12.6 Å². The molecule has 0 saturated carbocycles. The lowest BCUT2D eigenvalue weighted by molar-refractivity contribution is 0.199. The van der Waals surface area contributed by atoms with Crippen LogP contribution in [-0.4, -0.2) is 19.5 Å². The van der Waals surface area contributed by atoms with Gasteiger partial charge in [-0.3, -0.25) is 0 Å². The van der Waals surface area contributed by atoms with Crippen LogP contribution in [0, 0.1) is 5.92 Å². The van der Waals surface area contributed by atoms with Gasteiger partial charge in [-0.1, -0.05) is 53.9 Å². The highest BCUT2D eigenvalue weighted by Crippen LogP contribution is 2.11. The van der Waals surface area contributed by atoms with E-state index in [4.69, 9.17) is 4.74 Å². The fourth-order valence-corrected chi connectivity index (χ4v) is 1.48. The Labute approximate surface area is 110 Å². The van der Waals surface area contributed by atoms with Crippen molar-refractivity contribution in [1.29, 1.82) is 0 Å². The van der Waals surface area contributed by atoms with E-state index in [0.717, 1.165) is 24.7 Å². The molecule has 0 aromatic rings. The quantitative estimate of drug-likeness (QED) is 0.637. The summed E-state index contributed by atoms with van der Waals surface area (Å²) in [5, 5.41) is 0. The maximum atomic E-state index is 4.69. The Morgan fingerprint density at radius 1 is 1.00 bits per heavy atom. The van der Waals surface area contributed by atoms with Crippen molar-refractivity contribution in [2.75, 3.05) is 19.5 Å². The van der Waals surface area contributed by atoms with Crippen LogP contribution < -0.4 is 0 Å². The molecule has 1 unspecified atom stereocenters. The molecule has 1 nitrogen and oxygen atoms in total. The van der Waals surface area contributed by atoms with Gasteiger partial charge < -0.3 is 4.74 Å². The second kappa shape index (κ2) is 24.5. The average Bonchev–Trinajstić information content (AvgIpc) is 2.29. The Balaban J connectivity index is -0.000000181. The molecule has 0 aliphatic heterocycles. The molecule has 0 N–H and O–H groups in total. The largest absolute Gasteiger partial charge is 0.385 e. The molecule has 16 heavy (non-hydrogen) atoms. The molecule has 0 bridgehead atoms. The minimum Gasteiger partial charge on any atom is -0.385 e. The number of hydrogen-bond donors (Lipinski definition) is 1. The summed E-state index contributed by atoms with van der Waals surface area (Å²) in [7, 11) is 1.71. The predicted molar refractivity (Wildman–Crippen MR) is 80.7 cm³/mol. The van der Waals surface area contributed by atoms with Gasteiger partial charge >= 0.3 is 0 Å². The first-order valence-corrected chi connectivity index (χ1v) is 7.41.